The number of fused-ring (bicyclic) bond motifs is 9. The van der Waals surface area contributed by atoms with Gasteiger partial charge in [-0.05, 0) is 127 Å². The van der Waals surface area contributed by atoms with Gasteiger partial charge in [0.15, 0.2) is 0 Å². The van der Waals surface area contributed by atoms with E-state index in [4.69, 9.17) is 0 Å². The highest BCUT2D eigenvalue weighted by Crippen LogP contribution is 2.66. The summed E-state index contributed by atoms with van der Waals surface area (Å²) in [5, 5.41) is 2.38. The van der Waals surface area contributed by atoms with E-state index in [9.17, 15) is 0 Å². The van der Waals surface area contributed by atoms with Crippen LogP contribution in [0.2, 0.25) is 0 Å². The Morgan fingerprint density at radius 2 is 0.446 bits per heavy atom. The molecule has 0 heterocycles. The topological polar surface area (TPSA) is 6.48 Å². The third-order valence-corrected chi connectivity index (χ3v) is 15.7. The summed E-state index contributed by atoms with van der Waals surface area (Å²) in [7, 11) is 0. The molecular weight excluding hydrogens is 893 g/mol. The van der Waals surface area contributed by atoms with E-state index in [1.54, 1.807) is 0 Å². The minimum Gasteiger partial charge on any atom is -0.310 e. The minimum atomic E-state index is -0.702. The molecule has 0 atom stereocenters. The summed E-state index contributed by atoms with van der Waals surface area (Å²) in [6.07, 6.45) is 0. The Morgan fingerprint density at radius 3 is 0.716 bits per heavy atom. The molecule has 0 unspecified atom stereocenters. The Hall–Kier alpha value is -9.50. The molecule has 74 heavy (non-hydrogen) atoms. The molecule has 0 saturated heterocycles. The third-order valence-electron chi connectivity index (χ3n) is 15.7. The number of hydrogen-bond donors (Lipinski definition) is 0. The van der Waals surface area contributed by atoms with Gasteiger partial charge in [0, 0.05) is 33.5 Å². The average Bonchev–Trinajstić information content (AvgIpc) is 4.04. The number of para-hydroxylation sites is 4. The molecular formula is C72H50N2. The highest BCUT2D eigenvalue weighted by atomic mass is 15.2. The van der Waals surface area contributed by atoms with Crippen LogP contribution in [0.3, 0.4) is 0 Å². The first-order chi connectivity index (χ1) is 36.8. The van der Waals surface area contributed by atoms with Gasteiger partial charge in [-0.3, -0.25) is 0 Å². The van der Waals surface area contributed by atoms with Crippen LogP contribution in [0.15, 0.2) is 303 Å². The van der Waals surface area contributed by atoms with Gasteiger partial charge in [0.05, 0.1) is 22.2 Å². The van der Waals surface area contributed by atoms with Crippen molar-refractivity contribution < 1.29 is 0 Å². The second-order valence-corrected chi connectivity index (χ2v) is 19.5. The maximum atomic E-state index is 2.59. The van der Waals surface area contributed by atoms with Gasteiger partial charge in [0.2, 0.25) is 0 Å². The van der Waals surface area contributed by atoms with Crippen LogP contribution >= 0.6 is 0 Å². The average molecular weight is 943 g/mol. The van der Waals surface area contributed by atoms with Crippen LogP contribution in [0.4, 0.5) is 34.1 Å². The highest BCUT2D eigenvalue weighted by molar-refractivity contribution is 6.23. The van der Waals surface area contributed by atoms with Crippen molar-refractivity contribution in [1.29, 1.82) is 0 Å². The van der Waals surface area contributed by atoms with E-state index in [2.05, 4.69) is 313 Å². The fraction of sp³-hybridized carbons (Fsp3) is 0.0278. The summed E-state index contributed by atoms with van der Waals surface area (Å²) in [4.78, 5) is 5.05. The Bertz CT molecular complexity index is 3550. The van der Waals surface area contributed by atoms with Crippen molar-refractivity contribution in [3.63, 3.8) is 0 Å². The van der Waals surface area contributed by atoms with Crippen LogP contribution < -0.4 is 9.80 Å². The largest absolute Gasteiger partial charge is 0.310 e. The van der Waals surface area contributed by atoms with Crippen molar-refractivity contribution >= 4 is 44.9 Å². The summed E-state index contributed by atoms with van der Waals surface area (Å²) >= 11 is 0. The van der Waals surface area contributed by atoms with E-state index in [0.717, 1.165) is 34.1 Å². The lowest BCUT2D eigenvalue weighted by molar-refractivity contribution is 0.768. The fourth-order valence-corrected chi connectivity index (χ4v) is 12.9. The molecule has 0 amide bonds. The lowest BCUT2D eigenvalue weighted by Crippen LogP contribution is -2.29. The normalized spacial score (nSPS) is 13.4. The van der Waals surface area contributed by atoms with Crippen LogP contribution in [-0.2, 0) is 10.8 Å². The second-order valence-electron chi connectivity index (χ2n) is 19.5. The van der Waals surface area contributed by atoms with Crippen molar-refractivity contribution in [2.75, 3.05) is 9.80 Å². The van der Waals surface area contributed by atoms with E-state index < -0.39 is 10.8 Å². The van der Waals surface area contributed by atoms with Crippen molar-refractivity contribution in [1.82, 2.24) is 0 Å². The van der Waals surface area contributed by atoms with Gasteiger partial charge in [0.25, 0.3) is 0 Å². The van der Waals surface area contributed by atoms with Gasteiger partial charge < -0.3 is 9.80 Å². The SMILES string of the molecule is c1ccc(N(c2ccccc2)c2cc3c(c4c(N(c5ccccc5)c5ccccc5)cc5c(c24)-c2ccccc2C5(c2ccccc2)c2ccccc2)-c2ccccc2C3(c2ccccc2)c2ccccc2)cc1. The molecule has 0 fully saturated rings. The van der Waals surface area contributed by atoms with Gasteiger partial charge in [-0.1, -0.05) is 243 Å². The first kappa shape index (κ1) is 43.3. The number of benzene rings is 12. The van der Waals surface area contributed by atoms with Crippen molar-refractivity contribution in [3.05, 3.63) is 348 Å². The van der Waals surface area contributed by atoms with Crippen LogP contribution in [0, 0.1) is 0 Å². The lowest BCUT2D eigenvalue weighted by Gasteiger charge is -2.37. The predicted molar refractivity (Wildman–Crippen MR) is 308 cm³/mol. The Labute approximate surface area is 433 Å². The van der Waals surface area contributed by atoms with Gasteiger partial charge in [0.1, 0.15) is 0 Å². The molecule has 0 bridgehead atoms. The highest BCUT2D eigenvalue weighted by Gasteiger charge is 2.51. The van der Waals surface area contributed by atoms with E-state index >= 15 is 0 Å². The molecule has 12 aromatic carbocycles. The molecule has 0 saturated carbocycles. The predicted octanol–water partition coefficient (Wildman–Crippen LogP) is 18.5. The zero-order valence-corrected chi connectivity index (χ0v) is 40.8. The summed E-state index contributed by atoms with van der Waals surface area (Å²) < 4.78 is 0. The molecule has 0 radical (unpaired) electrons. The standard InChI is InChI=1S/C72H50N2/c1-9-29-51(30-10-1)71(52-31-11-2-12-32-52)61-47-27-25-45-59(61)67-63(71)49-65(73(55-37-17-5-18-38-55)56-39-19-6-20-40-56)70-68-60-46-26-28-48-62(60)72(53-33-13-3-14-34-53,54-35-15-4-16-36-54)64(68)50-66(69(67)70)74(57-41-21-7-22-42-57)58-43-23-8-24-44-58/h1-50H. The van der Waals surface area contributed by atoms with Gasteiger partial charge >= 0.3 is 0 Å². The smallest absolute Gasteiger partial charge is 0.0714 e. The zero-order chi connectivity index (χ0) is 49.1. The molecule has 0 aliphatic heterocycles. The van der Waals surface area contributed by atoms with Crippen molar-refractivity contribution in [2.45, 2.75) is 10.8 Å². The van der Waals surface area contributed by atoms with Crippen LogP contribution in [-0.4, -0.2) is 0 Å². The first-order valence-corrected chi connectivity index (χ1v) is 25.7. The molecule has 348 valence electrons. The van der Waals surface area contributed by atoms with Crippen LogP contribution in [0.25, 0.3) is 33.0 Å². The Balaban J connectivity index is 1.30. The second kappa shape index (κ2) is 17.7. The van der Waals surface area contributed by atoms with Gasteiger partial charge in [-0.2, -0.15) is 0 Å². The number of rotatable bonds is 10. The van der Waals surface area contributed by atoms with E-state index in [-0.39, 0.29) is 0 Å². The van der Waals surface area contributed by atoms with Crippen LogP contribution in [0.1, 0.15) is 44.5 Å². The molecule has 2 nitrogen and oxygen atoms in total. The van der Waals surface area contributed by atoms with Crippen LogP contribution in [0.5, 0.6) is 0 Å². The number of anilines is 6. The zero-order valence-electron chi connectivity index (χ0n) is 40.8. The van der Waals surface area contributed by atoms with E-state index in [1.165, 1.54) is 77.5 Å². The summed E-state index contributed by atoms with van der Waals surface area (Å²) in [6.45, 7) is 0. The quantitative estimate of drug-likeness (QED) is 0.135. The summed E-state index contributed by atoms with van der Waals surface area (Å²) in [6, 6.07) is 113. The lowest BCUT2D eigenvalue weighted by atomic mass is 9.66. The summed E-state index contributed by atoms with van der Waals surface area (Å²) in [5.74, 6) is 0. The monoisotopic (exact) mass is 942 g/mol. The fourth-order valence-electron chi connectivity index (χ4n) is 12.9. The maximum absolute atomic E-state index is 2.59. The third kappa shape index (κ3) is 6.38. The molecule has 0 aromatic heterocycles. The van der Waals surface area contributed by atoms with Gasteiger partial charge in [-0.25, -0.2) is 0 Å². The molecule has 0 N–H and O–H groups in total. The summed E-state index contributed by atoms with van der Waals surface area (Å²) in [5.41, 5.74) is 19.9. The molecule has 2 heteroatoms. The number of nitrogens with zero attached hydrogens (tertiary/aromatic N) is 2. The van der Waals surface area contributed by atoms with Crippen molar-refractivity contribution in [2.24, 2.45) is 0 Å². The van der Waals surface area contributed by atoms with Gasteiger partial charge in [-0.15, -0.1) is 0 Å². The number of hydrogen-bond acceptors (Lipinski definition) is 2. The molecule has 12 aromatic rings. The molecule has 0 spiro atoms. The van der Waals surface area contributed by atoms with E-state index in [0.29, 0.717) is 0 Å². The van der Waals surface area contributed by atoms with Crippen molar-refractivity contribution in [3.8, 4) is 22.3 Å². The van der Waals surface area contributed by atoms with E-state index in [1.807, 2.05) is 0 Å². The Morgan fingerprint density at radius 1 is 0.216 bits per heavy atom. The maximum Gasteiger partial charge on any atom is 0.0714 e. The first-order valence-electron chi connectivity index (χ1n) is 25.7. The molecule has 14 rings (SSSR count). The Kier molecular flexibility index (Phi) is 10.3. The minimum absolute atomic E-state index is 0.702. The molecule has 2 aliphatic carbocycles. The molecule has 2 aliphatic rings.